The van der Waals surface area contributed by atoms with Crippen molar-refractivity contribution in [2.75, 3.05) is 52.1 Å². The molecule has 1 saturated heterocycles. The van der Waals surface area contributed by atoms with Crippen LogP contribution in [0.1, 0.15) is 49.4 Å². The summed E-state index contributed by atoms with van der Waals surface area (Å²) in [4.78, 5) is 26.5. The number of anilines is 1. The van der Waals surface area contributed by atoms with Crippen LogP contribution in [-0.2, 0) is 0 Å². The quantitative estimate of drug-likeness (QED) is 0.287. The molecule has 0 aromatic heterocycles. The maximum atomic E-state index is 12.6. The van der Waals surface area contributed by atoms with Crippen LogP contribution >= 0.6 is 11.6 Å². The van der Waals surface area contributed by atoms with E-state index in [1.54, 1.807) is 12.1 Å². The maximum absolute atomic E-state index is 12.6. The molecule has 9 heteroatoms. The third-order valence-electron chi connectivity index (χ3n) is 5.46. The standard InChI is InChI=1S/C22H36ClN5O3/c1-3-8-25-22(30)26-9-5-4-6-10-28-11-7-16(15-28)14-27-21(29)17-12-18(23)19(24)13-20(17)31-2/h12-13,16H,3-11,14-15,24H2,1-2H3,(H,27,29)(H2,25,26,30)/t16-/m0/s1. The van der Waals surface area contributed by atoms with Gasteiger partial charge in [0.25, 0.3) is 5.91 Å². The Balaban J connectivity index is 1.61. The van der Waals surface area contributed by atoms with Crippen LogP contribution in [0.3, 0.4) is 0 Å². The Labute approximate surface area is 190 Å². The second-order valence-electron chi connectivity index (χ2n) is 7.98. The lowest BCUT2D eigenvalue weighted by molar-refractivity contribution is 0.0944. The van der Waals surface area contributed by atoms with Gasteiger partial charge in [-0.05, 0) is 50.8 Å². The van der Waals surface area contributed by atoms with Gasteiger partial charge >= 0.3 is 6.03 Å². The van der Waals surface area contributed by atoms with E-state index < -0.39 is 0 Å². The number of hydrogen-bond donors (Lipinski definition) is 4. The van der Waals surface area contributed by atoms with Crippen LogP contribution in [0.2, 0.25) is 5.02 Å². The molecule has 1 aliphatic heterocycles. The Morgan fingerprint density at radius 1 is 1.19 bits per heavy atom. The van der Waals surface area contributed by atoms with Crippen LogP contribution < -0.4 is 26.4 Å². The number of methoxy groups -OCH3 is 1. The first-order valence-electron chi connectivity index (χ1n) is 11.1. The van der Waals surface area contributed by atoms with Gasteiger partial charge in [-0.1, -0.05) is 24.9 Å². The number of amides is 3. The molecule has 1 fully saturated rings. The molecule has 8 nitrogen and oxygen atoms in total. The van der Waals surface area contributed by atoms with Crippen molar-refractivity contribution in [2.24, 2.45) is 5.92 Å². The fourth-order valence-corrected chi connectivity index (χ4v) is 3.83. The zero-order valence-electron chi connectivity index (χ0n) is 18.6. The van der Waals surface area contributed by atoms with E-state index in [1.807, 2.05) is 6.92 Å². The van der Waals surface area contributed by atoms with Crippen LogP contribution in [0.4, 0.5) is 10.5 Å². The third kappa shape index (κ3) is 8.45. The van der Waals surface area contributed by atoms with Crippen molar-refractivity contribution < 1.29 is 14.3 Å². The summed E-state index contributed by atoms with van der Waals surface area (Å²) < 4.78 is 5.26. The predicted octanol–water partition coefficient (Wildman–Crippen LogP) is 2.86. The van der Waals surface area contributed by atoms with E-state index in [9.17, 15) is 9.59 Å². The molecule has 0 saturated carbocycles. The molecule has 1 aromatic carbocycles. The number of likely N-dealkylation sites (tertiary alicyclic amines) is 1. The summed E-state index contributed by atoms with van der Waals surface area (Å²) in [5.41, 5.74) is 6.56. The summed E-state index contributed by atoms with van der Waals surface area (Å²) in [7, 11) is 1.51. The van der Waals surface area contributed by atoms with Gasteiger partial charge in [-0.25, -0.2) is 4.79 Å². The molecule has 0 spiro atoms. The van der Waals surface area contributed by atoms with E-state index >= 15 is 0 Å². The molecule has 2 rings (SSSR count). The van der Waals surface area contributed by atoms with Crippen LogP contribution in [0, 0.1) is 5.92 Å². The SMILES string of the molecule is CCCNC(=O)NCCCCCN1CC[C@@H](CNC(=O)c2cc(Cl)c(N)cc2OC)C1. The highest BCUT2D eigenvalue weighted by Gasteiger charge is 2.23. The number of carbonyl (C=O) groups excluding carboxylic acids is 2. The lowest BCUT2D eigenvalue weighted by Crippen LogP contribution is -2.36. The van der Waals surface area contributed by atoms with Crippen molar-refractivity contribution >= 4 is 29.2 Å². The molecule has 0 unspecified atom stereocenters. The normalized spacial score (nSPS) is 16.2. The van der Waals surface area contributed by atoms with Gasteiger partial charge in [-0.2, -0.15) is 0 Å². The molecular formula is C22H36ClN5O3. The Kier molecular flexibility index (Phi) is 10.7. The molecule has 1 heterocycles. The van der Waals surface area contributed by atoms with Gasteiger partial charge < -0.3 is 31.3 Å². The van der Waals surface area contributed by atoms with Crippen LogP contribution in [-0.4, -0.2) is 63.2 Å². The number of urea groups is 1. The van der Waals surface area contributed by atoms with E-state index in [-0.39, 0.29) is 11.9 Å². The van der Waals surface area contributed by atoms with Crippen molar-refractivity contribution in [1.29, 1.82) is 0 Å². The van der Waals surface area contributed by atoms with Crippen molar-refractivity contribution in [3.63, 3.8) is 0 Å². The fourth-order valence-electron chi connectivity index (χ4n) is 3.67. The first-order chi connectivity index (χ1) is 14.9. The Morgan fingerprint density at radius 2 is 1.97 bits per heavy atom. The Morgan fingerprint density at radius 3 is 2.71 bits per heavy atom. The second kappa shape index (κ2) is 13.3. The lowest BCUT2D eigenvalue weighted by Gasteiger charge is -2.17. The minimum atomic E-state index is -0.201. The topological polar surface area (TPSA) is 109 Å². The van der Waals surface area contributed by atoms with Crippen LogP contribution in [0.25, 0.3) is 0 Å². The zero-order chi connectivity index (χ0) is 22.6. The summed E-state index contributed by atoms with van der Waals surface area (Å²) in [6.07, 6.45) is 5.19. The highest BCUT2D eigenvalue weighted by atomic mass is 35.5. The number of nitrogens with one attached hydrogen (secondary N) is 3. The average Bonchev–Trinajstić information content (AvgIpc) is 3.22. The summed E-state index contributed by atoms with van der Waals surface area (Å²) in [6.45, 7) is 7.16. The minimum Gasteiger partial charge on any atom is -0.496 e. The van der Waals surface area contributed by atoms with Gasteiger partial charge in [0.2, 0.25) is 0 Å². The third-order valence-corrected chi connectivity index (χ3v) is 5.78. The minimum absolute atomic E-state index is 0.0786. The number of nitrogens with zero attached hydrogens (tertiary/aromatic N) is 1. The number of ether oxygens (including phenoxy) is 1. The van der Waals surface area contributed by atoms with Gasteiger partial charge in [-0.3, -0.25) is 4.79 Å². The lowest BCUT2D eigenvalue weighted by atomic mass is 10.1. The van der Waals surface area contributed by atoms with Crippen LogP contribution in [0.15, 0.2) is 12.1 Å². The molecule has 1 aromatic rings. The van der Waals surface area contributed by atoms with Gasteiger partial charge in [0.15, 0.2) is 0 Å². The smallest absolute Gasteiger partial charge is 0.314 e. The number of rotatable bonds is 12. The van der Waals surface area contributed by atoms with E-state index in [0.717, 1.165) is 51.7 Å². The van der Waals surface area contributed by atoms with Crippen molar-refractivity contribution in [1.82, 2.24) is 20.9 Å². The van der Waals surface area contributed by atoms with Gasteiger partial charge in [0.1, 0.15) is 5.75 Å². The molecule has 5 N–H and O–H groups in total. The number of nitrogens with two attached hydrogens (primary N) is 1. The number of carbonyl (C=O) groups is 2. The van der Waals surface area contributed by atoms with Gasteiger partial charge in [-0.15, -0.1) is 0 Å². The molecule has 0 radical (unpaired) electrons. The highest BCUT2D eigenvalue weighted by Crippen LogP contribution is 2.28. The molecule has 3 amide bonds. The van der Waals surface area contributed by atoms with E-state index in [0.29, 0.717) is 47.6 Å². The van der Waals surface area contributed by atoms with Gasteiger partial charge in [0, 0.05) is 32.2 Å². The summed E-state index contributed by atoms with van der Waals surface area (Å²) in [5, 5.41) is 9.03. The number of halogens is 1. The van der Waals surface area contributed by atoms with Crippen molar-refractivity contribution in [3.05, 3.63) is 22.7 Å². The van der Waals surface area contributed by atoms with E-state index in [4.69, 9.17) is 22.1 Å². The summed E-state index contributed by atoms with van der Waals surface area (Å²) in [6, 6.07) is 3.04. The molecule has 0 aliphatic carbocycles. The van der Waals surface area contributed by atoms with Crippen molar-refractivity contribution in [2.45, 2.75) is 39.0 Å². The second-order valence-corrected chi connectivity index (χ2v) is 8.39. The average molecular weight is 454 g/mol. The van der Waals surface area contributed by atoms with E-state index in [2.05, 4.69) is 20.9 Å². The summed E-state index contributed by atoms with van der Waals surface area (Å²) >= 11 is 6.06. The molecule has 0 bridgehead atoms. The maximum Gasteiger partial charge on any atom is 0.314 e. The van der Waals surface area contributed by atoms with Crippen LogP contribution in [0.5, 0.6) is 5.75 Å². The first-order valence-corrected chi connectivity index (χ1v) is 11.5. The monoisotopic (exact) mass is 453 g/mol. The Bertz CT molecular complexity index is 731. The first kappa shape index (κ1) is 25.1. The molecular weight excluding hydrogens is 418 g/mol. The summed E-state index contributed by atoms with van der Waals surface area (Å²) in [5.74, 6) is 0.653. The van der Waals surface area contributed by atoms with E-state index in [1.165, 1.54) is 7.11 Å². The van der Waals surface area contributed by atoms with Gasteiger partial charge in [0.05, 0.1) is 23.4 Å². The Hall–Kier alpha value is -2.19. The molecule has 174 valence electrons. The number of benzene rings is 1. The molecule has 1 aliphatic rings. The number of hydrogen-bond acceptors (Lipinski definition) is 5. The molecule has 1 atom stereocenters. The predicted molar refractivity (Wildman–Crippen MR) is 125 cm³/mol. The number of nitrogen functional groups attached to an aromatic ring is 1. The highest BCUT2D eigenvalue weighted by molar-refractivity contribution is 6.33. The zero-order valence-corrected chi connectivity index (χ0v) is 19.4. The molecule has 31 heavy (non-hydrogen) atoms. The number of unbranched alkanes of at least 4 members (excludes halogenated alkanes) is 2. The largest absolute Gasteiger partial charge is 0.496 e. The van der Waals surface area contributed by atoms with Crippen molar-refractivity contribution in [3.8, 4) is 5.75 Å². The fraction of sp³-hybridized carbons (Fsp3) is 0.636.